The van der Waals surface area contributed by atoms with Gasteiger partial charge in [0.25, 0.3) is 0 Å². The van der Waals surface area contributed by atoms with Crippen LogP contribution in [0.25, 0.3) is 0 Å². The van der Waals surface area contributed by atoms with Gasteiger partial charge in [0.15, 0.2) is 3.95 Å². The Morgan fingerprint density at radius 1 is 1.50 bits per heavy atom. The molecule has 0 saturated carbocycles. The lowest BCUT2D eigenvalue weighted by Crippen LogP contribution is -2.37. The minimum Gasteiger partial charge on any atom is -0.393 e. The van der Waals surface area contributed by atoms with E-state index in [1.165, 1.54) is 17.4 Å². The first-order valence-electron chi connectivity index (χ1n) is 7.32. The van der Waals surface area contributed by atoms with Crippen molar-refractivity contribution < 1.29 is 14.4 Å². The van der Waals surface area contributed by atoms with Gasteiger partial charge in [-0.05, 0) is 36.8 Å². The quantitative estimate of drug-likeness (QED) is 0.622. The molecule has 1 fully saturated rings. The van der Waals surface area contributed by atoms with Gasteiger partial charge in [0, 0.05) is 19.3 Å². The Labute approximate surface area is 172 Å². The van der Waals surface area contributed by atoms with Crippen LogP contribution >= 0.6 is 46.8 Å². The van der Waals surface area contributed by atoms with Gasteiger partial charge in [0.05, 0.1) is 28.2 Å². The summed E-state index contributed by atoms with van der Waals surface area (Å²) in [6.07, 6.45) is 2.04. The van der Waals surface area contributed by atoms with Crippen molar-refractivity contribution >= 4 is 57.7 Å². The van der Waals surface area contributed by atoms with Crippen LogP contribution in [0.15, 0.2) is 29.3 Å². The predicted molar refractivity (Wildman–Crippen MR) is 105 cm³/mol. The maximum atomic E-state index is 12.3. The molecule has 0 bridgehead atoms. The number of aliphatic hydroxyl groups is 2. The molecule has 3 rings (SSSR count). The summed E-state index contributed by atoms with van der Waals surface area (Å²) >= 11 is 17.6. The van der Waals surface area contributed by atoms with E-state index in [1.54, 1.807) is 22.6 Å². The largest absolute Gasteiger partial charge is 0.393 e. The summed E-state index contributed by atoms with van der Waals surface area (Å²) in [4.78, 5) is 3.18. The van der Waals surface area contributed by atoms with Crippen LogP contribution < -0.4 is 0 Å². The fourth-order valence-electron chi connectivity index (χ4n) is 2.20. The number of thiazole rings is 1. The minimum absolute atomic E-state index is 0.131. The van der Waals surface area contributed by atoms with Gasteiger partial charge < -0.3 is 15.2 Å². The normalized spacial score (nSPS) is 20.9. The number of rotatable bonds is 3. The summed E-state index contributed by atoms with van der Waals surface area (Å²) in [6, 6.07) is 6.51. The van der Waals surface area contributed by atoms with E-state index in [9.17, 15) is 9.32 Å². The predicted octanol–water partition coefficient (Wildman–Crippen LogP) is 3.12. The zero-order valence-corrected chi connectivity index (χ0v) is 17.3. The van der Waals surface area contributed by atoms with Crippen molar-refractivity contribution in [3.63, 3.8) is 0 Å². The van der Waals surface area contributed by atoms with Crippen LogP contribution in [0.2, 0.25) is 9.36 Å². The van der Waals surface area contributed by atoms with Crippen molar-refractivity contribution in [3.05, 3.63) is 43.3 Å². The number of β-amino-alcohol motifs (C(OH)–C–C–N with tert-alkyl or cyclic N) is 1. The Kier molecular flexibility index (Phi) is 7.76. The second-order valence-electron chi connectivity index (χ2n) is 5.48. The molecule has 1 aromatic carbocycles. The lowest BCUT2D eigenvalue weighted by atomic mass is 10.1. The Morgan fingerprint density at radius 2 is 2.23 bits per heavy atom. The minimum atomic E-state index is -1.51. The molecule has 0 aliphatic carbocycles. The molecule has 0 spiro atoms. The Bertz CT molecular complexity index is 896. The Morgan fingerprint density at radius 3 is 2.65 bits per heavy atom. The van der Waals surface area contributed by atoms with Gasteiger partial charge in [-0.3, -0.25) is 0 Å². The van der Waals surface area contributed by atoms with Gasteiger partial charge in [0.2, 0.25) is 0 Å². The zero-order valence-electron chi connectivity index (χ0n) is 13.3. The van der Waals surface area contributed by atoms with Gasteiger partial charge in [-0.2, -0.15) is 5.26 Å². The summed E-state index contributed by atoms with van der Waals surface area (Å²) in [5, 5.41) is 28.0. The summed E-state index contributed by atoms with van der Waals surface area (Å²) in [5.41, 5.74) is -0.798. The van der Waals surface area contributed by atoms with E-state index in [0.717, 1.165) is 3.95 Å². The van der Waals surface area contributed by atoms with Crippen molar-refractivity contribution in [2.75, 3.05) is 19.7 Å². The van der Waals surface area contributed by atoms with Gasteiger partial charge in [-0.25, -0.2) is 8.51 Å². The molecule has 1 aliphatic heterocycles. The molecular weight excluding hydrogens is 437 g/mol. The highest BCUT2D eigenvalue weighted by molar-refractivity contribution is 7.82. The molecule has 11 heteroatoms. The molecule has 6 nitrogen and oxygen atoms in total. The first-order valence-corrected chi connectivity index (χ1v) is 10.4. The molecule has 1 aliphatic rings. The highest BCUT2D eigenvalue weighted by atomic mass is 35.5. The topological polar surface area (TPSA) is 100 Å². The van der Waals surface area contributed by atoms with Gasteiger partial charge in [0.1, 0.15) is 20.9 Å². The van der Waals surface area contributed by atoms with Crippen LogP contribution in [0.1, 0.15) is 12.0 Å². The van der Waals surface area contributed by atoms with Crippen LogP contribution in [0, 0.1) is 15.3 Å². The number of nitrogens with one attached hydrogen (secondary N) is 1. The molecule has 2 unspecified atom stereocenters. The fourth-order valence-corrected chi connectivity index (χ4v) is 5.05. The third-order valence-corrected chi connectivity index (χ3v) is 6.83. The third-order valence-electron chi connectivity index (χ3n) is 3.57. The lowest BCUT2D eigenvalue weighted by molar-refractivity contribution is -0.000502. The molecule has 2 heterocycles. The monoisotopic (exact) mass is 451 g/mol. The second kappa shape index (κ2) is 9.39. The molecule has 3 N–H and O–H groups in total. The fraction of sp³-hybridized carbons (Fsp3) is 0.333. The van der Waals surface area contributed by atoms with Crippen molar-refractivity contribution in [2.24, 2.45) is 0 Å². The SMILES string of the molecule is N#Cc1ccc(S(=O)N2CCC(O)(CO)C2)c(Cl)c1.S=c1[nH]cc(Cl)s1. The maximum Gasteiger partial charge on any atom is 0.159 e. The smallest absolute Gasteiger partial charge is 0.159 e. The van der Waals surface area contributed by atoms with Crippen molar-refractivity contribution in [2.45, 2.75) is 16.9 Å². The van der Waals surface area contributed by atoms with Crippen molar-refractivity contribution in [1.29, 1.82) is 5.26 Å². The number of halogens is 2. The molecule has 140 valence electrons. The van der Waals surface area contributed by atoms with E-state index in [-0.39, 0.29) is 18.2 Å². The maximum absolute atomic E-state index is 12.3. The van der Waals surface area contributed by atoms with Crippen LogP contribution in [-0.4, -0.2) is 49.0 Å². The average molecular weight is 452 g/mol. The van der Waals surface area contributed by atoms with E-state index in [2.05, 4.69) is 4.98 Å². The lowest BCUT2D eigenvalue weighted by Gasteiger charge is -2.20. The van der Waals surface area contributed by atoms with Gasteiger partial charge in [-0.15, -0.1) is 0 Å². The summed E-state index contributed by atoms with van der Waals surface area (Å²) in [5.74, 6) is 0. The highest BCUT2D eigenvalue weighted by Gasteiger charge is 2.38. The molecular formula is C15H15Cl2N3O3S3. The first kappa shape index (κ1) is 21.5. The number of aromatic nitrogens is 1. The average Bonchev–Trinajstić information content (AvgIpc) is 3.20. The van der Waals surface area contributed by atoms with Crippen LogP contribution in [-0.2, 0) is 11.0 Å². The van der Waals surface area contributed by atoms with E-state index in [0.29, 0.717) is 27.8 Å². The zero-order chi connectivity index (χ0) is 19.3. The number of hydrogen-bond donors (Lipinski definition) is 3. The van der Waals surface area contributed by atoms with E-state index in [4.69, 9.17) is 45.8 Å². The number of nitriles is 1. The molecule has 0 radical (unpaired) electrons. The number of benzene rings is 1. The highest BCUT2D eigenvalue weighted by Crippen LogP contribution is 2.28. The molecule has 1 aromatic heterocycles. The number of hydrogen-bond acceptors (Lipinski definition) is 6. The molecule has 0 amide bonds. The summed E-state index contributed by atoms with van der Waals surface area (Å²) in [7, 11) is -1.51. The van der Waals surface area contributed by atoms with Crippen molar-refractivity contribution in [3.8, 4) is 6.07 Å². The van der Waals surface area contributed by atoms with Crippen LogP contribution in [0.4, 0.5) is 0 Å². The number of H-pyrrole nitrogens is 1. The summed E-state index contributed by atoms with van der Waals surface area (Å²) < 4.78 is 15.3. The Balaban J connectivity index is 0.000000290. The molecule has 1 saturated heterocycles. The van der Waals surface area contributed by atoms with E-state index in [1.807, 2.05) is 6.07 Å². The molecule has 2 atom stereocenters. The van der Waals surface area contributed by atoms with Crippen LogP contribution in [0.5, 0.6) is 0 Å². The van der Waals surface area contributed by atoms with Crippen molar-refractivity contribution in [1.82, 2.24) is 9.29 Å². The number of aromatic amines is 1. The molecule has 2 aromatic rings. The van der Waals surface area contributed by atoms with Gasteiger partial charge >= 0.3 is 0 Å². The standard InChI is InChI=1S/C12H13ClN2O3S.C3H2ClNS2/c13-10-5-9(6-14)1-2-11(10)19(18)15-4-3-12(17,7-15)8-16;4-2-1-5-3(6)7-2/h1-2,5,16-17H,3-4,7-8H2;1H,(H,5,6). The van der Waals surface area contributed by atoms with Crippen LogP contribution in [0.3, 0.4) is 0 Å². The number of nitrogens with zero attached hydrogens (tertiary/aromatic N) is 2. The van der Waals surface area contributed by atoms with E-state index >= 15 is 0 Å². The third kappa shape index (κ3) is 5.58. The summed E-state index contributed by atoms with van der Waals surface area (Å²) in [6.45, 7) is 0.189. The number of aliphatic hydroxyl groups excluding tert-OH is 1. The Hall–Kier alpha value is -0.830. The first-order chi connectivity index (χ1) is 12.3. The van der Waals surface area contributed by atoms with E-state index < -0.39 is 16.6 Å². The molecule has 26 heavy (non-hydrogen) atoms. The second-order valence-corrected chi connectivity index (χ2v) is 9.70. The van der Waals surface area contributed by atoms with Gasteiger partial charge in [-0.1, -0.05) is 34.5 Å².